The van der Waals surface area contributed by atoms with Crippen LogP contribution in [0.5, 0.6) is 0 Å². The van der Waals surface area contributed by atoms with Crippen LogP contribution in [0, 0.1) is 0 Å². The number of halogens is 1. The van der Waals surface area contributed by atoms with Gasteiger partial charge in [-0.25, -0.2) is 4.98 Å². The molecule has 1 aliphatic rings. The van der Waals surface area contributed by atoms with E-state index in [4.69, 9.17) is 4.98 Å². The van der Waals surface area contributed by atoms with Gasteiger partial charge in [-0.05, 0) is 30.5 Å². The highest BCUT2D eigenvalue weighted by atomic mass is 79.9. The Morgan fingerprint density at radius 2 is 2.00 bits per heavy atom. The van der Waals surface area contributed by atoms with Crippen LogP contribution in [-0.2, 0) is 13.1 Å². The summed E-state index contributed by atoms with van der Waals surface area (Å²) in [5, 5.41) is 6.99. The zero-order valence-corrected chi connectivity index (χ0v) is 13.1. The number of aromatic nitrogens is 1. The fraction of sp³-hybridized carbons (Fsp3) is 0.400. The Labute approximate surface area is 126 Å². The van der Waals surface area contributed by atoms with Crippen molar-refractivity contribution in [3.8, 4) is 0 Å². The van der Waals surface area contributed by atoms with Gasteiger partial charge in [-0.2, -0.15) is 0 Å². The lowest BCUT2D eigenvalue weighted by atomic mass is 9.86. The first-order chi connectivity index (χ1) is 9.31. The average Bonchev–Trinajstić information content (AvgIpc) is 2.78. The average molecular weight is 337 g/mol. The number of thiazole rings is 1. The maximum Gasteiger partial charge on any atom is 0.0959 e. The van der Waals surface area contributed by atoms with E-state index < -0.39 is 0 Å². The van der Waals surface area contributed by atoms with Crippen LogP contribution in [0.2, 0.25) is 0 Å². The molecule has 100 valence electrons. The summed E-state index contributed by atoms with van der Waals surface area (Å²) in [6, 6.07) is 8.43. The molecule has 0 radical (unpaired) electrons. The number of nitrogens with zero attached hydrogens (tertiary/aromatic N) is 1. The largest absolute Gasteiger partial charge is 0.307 e. The summed E-state index contributed by atoms with van der Waals surface area (Å²) in [4.78, 5) is 4.73. The minimum Gasteiger partial charge on any atom is -0.307 e. The number of hydrogen-bond acceptors (Lipinski definition) is 3. The SMILES string of the molecule is Brc1ccc(CNCc2csc(C3CCC3)n2)cc1. The van der Waals surface area contributed by atoms with E-state index in [0.29, 0.717) is 0 Å². The molecule has 0 bridgehead atoms. The number of hydrogen-bond donors (Lipinski definition) is 1. The molecule has 4 heteroatoms. The molecule has 1 fully saturated rings. The summed E-state index contributed by atoms with van der Waals surface area (Å²) in [6.45, 7) is 1.75. The summed E-state index contributed by atoms with van der Waals surface area (Å²) in [6.07, 6.45) is 4.04. The molecule has 19 heavy (non-hydrogen) atoms. The summed E-state index contributed by atoms with van der Waals surface area (Å²) in [5.41, 5.74) is 2.49. The van der Waals surface area contributed by atoms with Crippen molar-refractivity contribution < 1.29 is 0 Å². The molecule has 1 saturated carbocycles. The Morgan fingerprint density at radius 3 is 2.68 bits per heavy atom. The van der Waals surface area contributed by atoms with Gasteiger partial charge in [0, 0.05) is 28.9 Å². The topological polar surface area (TPSA) is 24.9 Å². The number of rotatable bonds is 5. The predicted molar refractivity (Wildman–Crippen MR) is 83.4 cm³/mol. The van der Waals surface area contributed by atoms with E-state index in [-0.39, 0.29) is 0 Å². The third-order valence-corrected chi connectivity index (χ3v) is 5.16. The maximum atomic E-state index is 4.73. The van der Waals surface area contributed by atoms with Crippen molar-refractivity contribution in [2.45, 2.75) is 38.3 Å². The fourth-order valence-corrected chi connectivity index (χ4v) is 3.44. The number of benzene rings is 1. The van der Waals surface area contributed by atoms with Gasteiger partial charge in [-0.15, -0.1) is 11.3 Å². The van der Waals surface area contributed by atoms with E-state index in [1.54, 1.807) is 0 Å². The van der Waals surface area contributed by atoms with Crippen LogP contribution in [0.4, 0.5) is 0 Å². The van der Waals surface area contributed by atoms with Crippen LogP contribution < -0.4 is 5.32 Å². The highest BCUT2D eigenvalue weighted by Crippen LogP contribution is 2.37. The van der Waals surface area contributed by atoms with Crippen molar-refractivity contribution in [1.29, 1.82) is 0 Å². The Hall–Kier alpha value is -0.710. The monoisotopic (exact) mass is 336 g/mol. The lowest BCUT2D eigenvalue weighted by Gasteiger charge is -2.22. The van der Waals surface area contributed by atoms with E-state index in [9.17, 15) is 0 Å². The summed E-state index contributed by atoms with van der Waals surface area (Å²) < 4.78 is 1.13. The Kier molecular flexibility index (Phi) is 4.31. The molecule has 1 aromatic carbocycles. The van der Waals surface area contributed by atoms with Gasteiger partial charge in [0.25, 0.3) is 0 Å². The second-order valence-electron chi connectivity index (χ2n) is 5.03. The molecule has 1 heterocycles. The molecule has 1 N–H and O–H groups in total. The third-order valence-electron chi connectivity index (χ3n) is 3.57. The number of nitrogens with one attached hydrogen (secondary N) is 1. The van der Waals surface area contributed by atoms with E-state index >= 15 is 0 Å². The van der Waals surface area contributed by atoms with Crippen LogP contribution in [-0.4, -0.2) is 4.98 Å². The molecule has 3 rings (SSSR count). The summed E-state index contributed by atoms with van der Waals surface area (Å²) in [5.74, 6) is 0.755. The molecule has 2 aromatic rings. The van der Waals surface area contributed by atoms with Crippen LogP contribution in [0.15, 0.2) is 34.1 Å². The molecule has 1 aromatic heterocycles. The zero-order chi connectivity index (χ0) is 13.1. The Bertz CT molecular complexity index is 531. The molecule has 0 amide bonds. The predicted octanol–water partition coefficient (Wildman–Crippen LogP) is 4.46. The van der Waals surface area contributed by atoms with Crippen LogP contribution >= 0.6 is 27.3 Å². The summed E-state index contributed by atoms with van der Waals surface area (Å²) in [7, 11) is 0. The van der Waals surface area contributed by atoms with Gasteiger partial charge in [0.2, 0.25) is 0 Å². The van der Waals surface area contributed by atoms with Gasteiger partial charge in [0.15, 0.2) is 0 Å². The normalized spacial score (nSPS) is 15.4. The molecule has 0 spiro atoms. The van der Waals surface area contributed by atoms with Gasteiger partial charge < -0.3 is 5.32 Å². The second-order valence-corrected chi connectivity index (χ2v) is 6.84. The molecule has 1 aliphatic carbocycles. The van der Waals surface area contributed by atoms with Crippen molar-refractivity contribution in [2.75, 3.05) is 0 Å². The first-order valence-corrected chi connectivity index (χ1v) is 8.38. The van der Waals surface area contributed by atoms with Gasteiger partial charge in [-0.3, -0.25) is 0 Å². The Morgan fingerprint density at radius 1 is 1.21 bits per heavy atom. The van der Waals surface area contributed by atoms with E-state index in [1.165, 1.54) is 35.5 Å². The lowest BCUT2D eigenvalue weighted by Crippen LogP contribution is -2.13. The molecular formula is C15H17BrN2S. The van der Waals surface area contributed by atoms with Crippen LogP contribution in [0.1, 0.15) is 41.4 Å². The standard InChI is InChI=1S/C15H17BrN2S/c16-13-6-4-11(5-7-13)8-17-9-14-10-19-15(18-14)12-2-1-3-12/h4-7,10,12,17H,1-3,8-9H2. The van der Waals surface area contributed by atoms with Gasteiger partial charge in [0.1, 0.15) is 0 Å². The minimum atomic E-state index is 0.755. The molecule has 0 atom stereocenters. The van der Waals surface area contributed by atoms with E-state index in [1.807, 2.05) is 11.3 Å². The smallest absolute Gasteiger partial charge is 0.0959 e. The first kappa shape index (κ1) is 13.3. The van der Waals surface area contributed by atoms with Crippen molar-refractivity contribution in [2.24, 2.45) is 0 Å². The fourth-order valence-electron chi connectivity index (χ4n) is 2.18. The van der Waals surface area contributed by atoms with Crippen LogP contribution in [0.25, 0.3) is 0 Å². The maximum absolute atomic E-state index is 4.73. The zero-order valence-electron chi connectivity index (χ0n) is 10.7. The molecule has 0 aliphatic heterocycles. The van der Waals surface area contributed by atoms with Crippen molar-refractivity contribution >= 4 is 27.3 Å². The summed E-state index contributed by atoms with van der Waals surface area (Å²) >= 11 is 5.27. The van der Waals surface area contributed by atoms with Crippen molar-refractivity contribution in [1.82, 2.24) is 10.3 Å². The second kappa shape index (κ2) is 6.16. The van der Waals surface area contributed by atoms with E-state index in [0.717, 1.165) is 23.5 Å². The van der Waals surface area contributed by atoms with Crippen LogP contribution in [0.3, 0.4) is 0 Å². The first-order valence-electron chi connectivity index (χ1n) is 6.71. The third kappa shape index (κ3) is 3.44. The van der Waals surface area contributed by atoms with Crippen molar-refractivity contribution in [3.05, 3.63) is 50.4 Å². The highest BCUT2D eigenvalue weighted by molar-refractivity contribution is 9.10. The van der Waals surface area contributed by atoms with Crippen molar-refractivity contribution in [3.63, 3.8) is 0 Å². The van der Waals surface area contributed by atoms with Gasteiger partial charge in [0.05, 0.1) is 10.7 Å². The highest BCUT2D eigenvalue weighted by Gasteiger charge is 2.22. The Balaban J connectivity index is 1.49. The van der Waals surface area contributed by atoms with Gasteiger partial charge >= 0.3 is 0 Å². The molecule has 2 nitrogen and oxygen atoms in total. The van der Waals surface area contributed by atoms with E-state index in [2.05, 4.69) is 50.9 Å². The molecular weight excluding hydrogens is 320 g/mol. The quantitative estimate of drug-likeness (QED) is 0.871. The van der Waals surface area contributed by atoms with Gasteiger partial charge in [-0.1, -0.05) is 34.5 Å². The molecule has 0 unspecified atom stereocenters. The molecule has 0 saturated heterocycles. The minimum absolute atomic E-state index is 0.755. The lowest BCUT2D eigenvalue weighted by molar-refractivity contribution is 0.417.